The Morgan fingerprint density at radius 1 is 1.10 bits per heavy atom. The van der Waals surface area contributed by atoms with E-state index in [0.717, 1.165) is 16.8 Å². The van der Waals surface area contributed by atoms with E-state index in [2.05, 4.69) is 10.3 Å². The van der Waals surface area contributed by atoms with Gasteiger partial charge in [-0.15, -0.1) is 0 Å². The molecule has 0 atom stereocenters. The van der Waals surface area contributed by atoms with Crippen LogP contribution in [0.5, 0.6) is 0 Å². The molecule has 3 aromatic rings. The smallest absolute Gasteiger partial charge is 0.414 e. The number of hydrogen-bond donors (Lipinski definition) is 0. The molecule has 0 spiro atoms. The van der Waals surface area contributed by atoms with Crippen LogP contribution < -0.4 is 4.90 Å². The van der Waals surface area contributed by atoms with Gasteiger partial charge < -0.3 is 4.74 Å². The molecule has 11 heteroatoms. The molecule has 2 aliphatic rings. The molecule has 3 heterocycles. The van der Waals surface area contributed by atoms with E-state index in [1.807, 2.05) is 25.1 Å². The van der Waals surface area contributed by atoms with Crippen molar-refractivity contribution in [2.45, 2.75) is 37.3 Å². The largest absolute Gasteiger partial charge is 0.444 e. The van der Waals surface area contributed by atoms with E-state index in [-0.39, 0.29) is 46.7 Å². The summed E-state index contributed by atoms with van der Waals surface area (Å²) in [4.78, 5) is 14.2. The Labute approximate surface area is 183 Å². The standard InChI is InChI=1S/C20H19ClN4O5S/c1-12-2-4-16-13(10-12)11-29-20(26)25(16)14-6-8-24(9-7-14)31(27,28)17-5-3-15(21)18-19(17)23-30-22-18/h2-5,10,14H,6-9,11H2,1H3. The third-order valence-electron chi connectivity index (χ3n) is 5.78. The fraction of sp³-hybridized carbons (Fsp3) is 0.350. The molecule has 1 amide bonds. The van der Waals surface area contributed by atoms with Crippen LogP contribution in [0.4, 0.5) is 10.5 Å². The average Bonchev–Trinajstić information content (AvgIpc) is 3.25. The Morgan fingerprint density at radius 3 is 2.61 bits per heavy atom. The highest BCUT2D eigenvalue weighted by atomic mass is 35.5. The summed E-state index contributed by atoms with van der Waals surface area (Å²) in [5, 5.41) is 7.68. The minimum Gasteiger partial charge on any atom is -0.444 e. The van der Waals surface area contributed by atoms with Crippen molar-refractivity contribution in [1.29, 1.82) is 0 Å². The first-order valence-electron chi connectivity index (χ1n) is 9.82. The molecule has 5 rings (SSSR count). The number of fused-ring (bicyclic) bond motifs is 2. The summed E-state index contributed by atoms with van der Waals surface area (Å²) in [6.07, 6.45) is 0.566. The Kier molecular flexibility index (Phi) is 4.87. The number of nitrogens with zero attached hydrogens (tertiary/aromatic N) is 4. The van der Waals surface area contributed by atoms with Crippen molar-refractivity contribution >= 4 is 44.4 Å². The minimum absolute atomic E-state index is 0.00445. The van der Waals surface area contributed by atoms with Crippen molar-refractivity contribution < 1.29 is 22.6 Å². The molecule has 2 aromatic carbocycles. The summed E-state index contributed by atoms with van der Waals surface area (Å²) in [5.74, 6) is 0. The van der Waals surface area contributed by atoms with Gasteiger partial charge in [-0.25, -0.2) is 17.8 Å². The summed E-state index contributed by atoms with van der Waals surface area (Å²) in [6.45, 7) is 2.75. The van der Waals surface area contributed by atoms with Gasteiger partial charge in [0.2, 0.25) is 10.0 Å². The van der Waals surface area contributed by atoms with Crippen molar-refractivity contribution in [1.82, 2.24) is 14.6 Å². The van der Waals surface area contributed by atoms with E-state index in [4.69, 9.17) is 21.0 Å². The highest BCUT2D eigenvalue weighted by molar-refractivity contribution is 7.89. The number of rotatable bonds is 3. The van der Waals surface area contributed by atoms with Crippen LogP contribution in [0.15, 0.2) is 39.9 Å². The number of cyclic esters (lactones) is 1. The number of halogens is 1. The molecule has 1 saturated heterocycles. The van der Waals surface area contributed by atoms with E-state index >= 15 is 0 Å². The van der Waals surface area contributed by atoms with Crippen LogP contribution in [0.3, 0.4) is 0 Å². The molecule has 0 bridgehead atoms. The first kappa shape index (κ1) is 20.2. The van der Waals surface area contributed by atoms with Gasteiger partial charge in [-0.2, -0.15) is 4.31 Å². The molecule has 9 nitrogen and oxygen atoms in total. The number of sulfonamides is 1. The number of carbonyl (C=O) groups is 1. The molecular weight excluding hydrogens is 444 g/mol. The van der Waals surface area contributed by atoms with E-state index in [0.29, 0.717) is 12.8 Å². The normalized spacial score (nSPS) is 18.3. The predicted molar refractivity (Wildman–Crippen MR) is 112 cm³/mol. The fourth-order valence-corrected chi connectivity index (χ4v) is 5.99. The summed E-state index contributed by atoms with van der Waals surface area (Å²) in [6, 6.07) is 8.62. The van der Waals surface area contributed by atoms with Gasteiger partial charge in [0, 0.05) is 24.7 Å². The number of amides is 1. The second-order valence-corrected chi connectivity index (χ2v) is 10.0. The van der Waals surface area contributed by atoms with E-state index in [1.165, 1.54) is 16.4 Å². The number of ether oxygens (including phenoxy) is 1. The van der Waals surface area contributed by atoms with Gasteiger partial charge in [-0.3, -0.25) is 4.90 Å². The molecule has 0 aliphatic carbocycles. The average molecular weight is 463 g/mol. The van der Waals surface area contributed by atoms with Crippen LogP contribution in [0.25, 0.3) is 11.0 Å². The minimum atomic E-state index is -3.83. The summed E-state index contributed by atoms with van der Waals surface area (Å²) in [5.41, 5.74) is 3.20. The zero-order valence-electron chi connectivity index (χ0n) is 16.6. The topological polar surface area (TPSA) is 106 Å². The molecule has 2 aliphatic heterocycles. The second kappa shape index (κ2) is 7.47. The van der Waals surface area contributed by atoms with Crippen LogP contribution >= 0.6 is 11.6 Å². The van der Waals surface area contributed by atoms with E-state index < -0.39 is 16.1 Å². The van der Waals surface area contributed by atoms with Gasteiger partial charge in [0.05, 0.1) is 10.7 Å². The van der Waals surface area contributed by atoms with Crippen LogP contribution in [0.1, 0.15) is 24.0 Å². The van der Waals surface area contributed by atoms with E-state index in [1.54, 1.807) is 4.90 Å². The lowest BCUT2D eigenvalue weighted by Gasteiger charge is -2.39. The van der Waals surface area contributed by atoms with Gasteiger partial charge in [-0.05, 0) is 48.3 Å². The van der Waals surface area contributed by atoms with Crippen LogP contribution in [-0.2, 0) is 21.4 Å². The molecule has 0 saturated carbocycles. The Bertz CT molecular complexity index is 1280. The van der Waals surface area contributed by atoms with Crippen molar-refractivity contribution in [3.63, 3.8) is 0 Å². The quantitative estimate of drug-likeness (QED) is 0.586. The van der Waals surface area contributed by atoms with Gasteiger partial charge in [0.1, 0.15) is 11.5 Å². The van der Waals surface area contributed by atoms with Crippen LogP contribution in [0.2, 0.25) is 5.02 Å². The highest BCUT2D eigenvalue weighted by Gasteiger charge is 2.38. The number of aromatic nitrogens is 2. The first-order valence-corrected chi connectivity index (χ1v) is 11.6. The third kappa shape index (κ3) is 3.35. The molecule has 0 radical (unpaired) electrons. The van der Waals surface area contributed by atoms with Crippen molar-refractivity contribution in [3.05, 3.63) is 46.5 Å². The Morgan fingerprint density at radius 2 is 1.84 bits per heavy atom. The molecule has 31 heavy (non-hydrogen) atoms. The van der Waals surface area contributed by atoms with Crippen LogP contribution in [0, 0.1) is 6.92 Å². The summed E-state index contributed by atoms with van der Waals surface area (Å²) >= 11 is 6.06. The highest BCUT2D eigenvalue weighted by Crippen LogP contribution is 2.34. The van der Waals surface area contributed by atoms with Crippen molar-refractivity contribution in [2.24, 2.45) is 0 Å². The zero-order chi connectivity index (χ0) is 21.8. The number of anilines is 1. The molecule has 1 aromatic heterocycles. The maximum absolute atomic E-state index is 13.3. The van der Waals surface area contributed by atoms with Crippen LogP contribution in [-0.4, -0.2) is 48.3 Å². The van der Waals surface area contributed by atoms with Gasteiger partial charge >= 0.3 is 6.09 Å². The molecule has 1 fully saturated rings. The monoisotopic (exact) mass is 462 g/mol. The molecule has 162 valence electrons. The lowest BCUT2D eigenvalue weighted by atomic mass is 10.0. The number of aryl methyl sites for hydroxylation is 1. The van der Waals surface area contributed by atoms with Crippen molar-refractivity contribution in [3.8, 4) is 0 Å². The molecule has 0 unspecified atom stereocenters. The third-order valence-corrected chi connectivity index (χ3v) is 8.01. The number of piperidine rings is 1. The Balaban J connectivity index is 1.39. The first-order chi connectivity index (χ1) is 14.9. The maximum atomic E-state index is 13.3. The zero-order valence-corrected chi connectivity index (χ0v) is 18.2. The maximum Gasteiger partial charge on any atom is 0.414 e. The molecule has 0 N–H and O–H groups in total. The lowest BCUT2D eigenvalue weighted by molar-refractivity contribution is 0.135. The number of hydrogen-bond acceptors (Lipinski definition) is 7. The summed E-state index contributed by atoms with van der Waals surface area (Å²) < 4.78 is 38.0. The number of benzene rings is 2. The lowest BCUT2D eigenvalue weighted by Crippen LogP contribution is -2.50. The van der Waals surface area contributed by atoms with E-state index in [9.17, 15) is 13.2 Å². The number of carbonyl (C=O) groups excluding carboxylic acids is 1. The van der Waals surface area contributed by atoms with Crippen molar-refractivity contribution in [2.75, 3.05) is 18.0 Å². The van der Waals surface area contributed by atoms with Gasteiger partial charge in [0.25, 0.3) is 0 Å². The predicted octanol–water partition coefficient (Wildman–Crippen LogP) is 3.49. The molecular formula is C20H19ClN4O5S. The van der Waals surface area contributed by atoms with Gasteiger partial charge in [-0.1, -0.05) is 29.3 Å². The second-order valence-electron chi connectivity index (χ2n) is 7.70. The van der Waals surface area contributed by atoms with Gasteiger partial charge in [0.15, 0.2) is 11.0 Å². The SMILES string of the molecule is Cc1ccc2c(c1)COC(=O)N2C1CCN(S(=O)(=O)c2ccc(Cl)c3nonc23)CC1. The fourth-order valence-electron chi connectivity index (χ4n) is 4.22. The summed E-state index contributed by atoms with van der Waals surface area (Å²) in [7, 11) is -3.83. The Hall–Kier alpha value is -2.69.